The summed E-state index contributed by atoms with van der Waals surface area (Å²) in [4.78, 5) is 27.9. The number of rotatable bonds is 5. The van der Waals surface area contributed by atoms with Gasteiger partial charge in [0.15, 0.2) is 0 Å². The summed E-state index contributed by atoms with van der Waals surface area (Å²) in [6.45, 7) is 0.486. The molecule has 172 valence electrons. The molecule has 1 fully saturated rings. The Bertz CT molecular complexity index is 1580. The molecule has 3 aromatic carbocycles. The third-order valence-electron chi connectivity index (χ3n) is 6.09. The first kappa shape index (κ1) is 21.4. The molecule has 0 unspecified atom stereocenters. The number of para-hydroxylation sites is 2. The molecule has 1 saturated heterocycles. The molecule has 1 aliphatic heterocycles. The Morgan fingerprint density at radius 1 is 0.914 bits per heavy atom. The number of carbonyl (C=O) groups is 1. The maximum absolute atomic E-state index is 13.1. The van der Waals surface area contributed by atoms with E-state index in [2.05, 4.69) is 0 Å². The molecule has 0 bridgehead atoms. The van der Waals surface area contributed by atoms with Gasteiger partial charge >= 0.3 is 5.63 Å². The van der Waals surface area contributed by atoms with Gasteiger partial charge in [-0.25, -0.2) is 9.48 Å². The van der Waals surface area contributed by atoms with Crippen molar-refractivity contribution in [2.45, 2.75) is 11.9 Å². The SMILES string of the molecule is O=C1CS[C@@H](c2cn(-c3ccccc3)nc2-c2cc3ccccc3oc2=O)N1Cc1ccccc1. The summed E-state index contributed by atoms with van der Waals surface area (Å²) < 4.78 is 7.40. The van der Waals surface area contributed by atoms with Crippen LogP contribution in [0.25, 0.3) is 27.9 Å². The maximum atomic E-state index is 13.1. The van der Waals surface area contributed by atoms with Gasteiger partial charge in [-0.2, -0.15) is 5.10 Å². The molecule has 6 nitrogen and oxygen atoms in total. The Morgan fingerprint density at radius 3 is 2.43 bits per heavy atom. The molecule has 0 radical (unpaired) electrons. The fourth-order valence-electron chi connectivity index (χ4n) is 4.38. The minimum absolute atomic E-state index is 0.0628. The first-order valence-electron chi connectivity index (χ1n) is 11.3. The quantitative estimate of drug-likeness (QED) is 0.315. The molecule has 6 rings (SSSR count). The highest BCUT2D eigenvalue weighted by Gasteiger charge is 2.36. The highest BCUT2D eigenvalue weighted by atomic mass is 32.2. The molecule has 2 aromatic heterocycles. The van der Waals surface area contributed by atoms with Gasteiger partial charge < -0.3 is 9.32 Å². The van der Waals surface area contributed by atoms with Gasteiger partial charge in [0.2, 0.25) is 5.91 Å². The Labute approximate surface area is 205 Å². The standard InChI is InChI=1S/C28H21N3O3S/c32-25-18-35-27(30(25)16-19-9-3-1-4-10-19)23-17-31(21-12-5-2-6-13-21)29-26(23)22-15-20-11-7-8-14-24(20)34-28(22)33/h1-15,17,27H,16,18H2/t27-/m0/s1. The summed E-state index contributed by atoms with van der Waals surface area (Å²) in [6.07, 6.45) is 1.92. The summed E-state index contributed by atoms with van der Waals surface area (Å²) in [5.41, 5.74) is 3.72. The van der Waals surface area contributed by atoms with E-state index in [0.717, 1.165) is 22.2 Å². The highest BCUT2D eigenvalue weighted by molar-refractivity contribution is 8.00. The van der Waals surface area contributed by atoms with Crippen LogP contribution in [0.5, 0.6) is 0 Å². The molecule has 0 spiro atoms. The smallest absolute Gasteiger partial charge is 0.345 e. The van der Waals surface area contributed by atoms with Crippen LogP contribution in [0.4, 0.5) is 0 Å². The van der Waals surface area contributed by atoms with Crippen molar-refractivity contribution in [3.8, 4) is 16.9 Å². The van der Waals surface area contributed by atoms with E-state index in [0.29, 0.717) is 29.1 Å². The lowest BCUT2D eigenvalue weighted by Gasteiger charge is -2.24. The topological polar surface area (TPSA) is 68.3 Å². The number of amides is 1. The van der Waals surface area contributed by atoms with Crippen LogP contribution in [0.15, 0.2) is 106 Å². The number of benzene rings is 3. The van der Waals surface area contributed by atoms with E-state index in [1.807, 2.05) is 96.0 Å². The van der Waals surface area contributed by atoms with E-state index >= 15 is 0 Å². The summed E-state index contributed by atoms with van der Waals surface area (Å²) in [5, 5.41) is 5.38. The van der Waals surface area contributed by atoms with Crippen molar-refractivity contribution in [1.29, 1.82) is 0 Å². The first-order chi connectivity index (χ1) is 17.2. The fraction of sp³-hybridized carbons (Fsp3) is 0.107. The third-order valence-corrected chi connectivity index (χ3v) is 7.33. The fourth-order valence-corrected chi connectivity index (χ4v) is 5.57. The van der Waals surface area contributed by atoms with Crippen LogP contribution in [-0.2, 0) is 11.3 Å². The molecule has 7 heteroatoms. The van der Waals surface area contributed by atoms with Gasteiger partial charge in [0.25, 0.3) is 0 Å². The van der Waals surface area contributed by atoms with Crippen molar-refractivity contribution in [1.82, 2.24) is 14.7 Å². The average molecular weight is 480 g/mol. The van der Waals surface area contributed by atoms with Crippen molar-refractivity contribution in [2.75, 3.05) is 5.75 Å². The van der Waals surface area contributed by atoms with Crippen LogP contribution in [0.3, 0.4) is 0 Å². The van der Waals surface area contributed by atoms with Crippen molar-refractivity contribution < 1.29 is 9.21 Å². The third kappa shape index (κ3) is 4.04. The van der Waals surface area contributed by atoms with Crippen LogP contribution in [-0.4, -0.2) is 26.3 Å². The van der Waals surface area contributed by atoms with Crippen LogP contribution in [0.1, 0.15) is 16.5 Å². The number of hydrogen-bond donors (Lipinski definition) is 0. The minimum Gasteiger partial charge on any atom is -0.422 e. The summed E-state index contributed by atoms with van der Waals surface area (Å²) in [5.74, 6) is 0.438. The van der Waals surface area contributed by atoms with Crippen LogP contribution in [0, 0.1) is 0 Å². The lowest BCUT2D eigenvalue weighted by Crippen LogP contribution is -2.27. The summed E-state index contributed by atoms with van der Waals surface area (Å²) >= 11 is 1.55. The van der Waals surface area contributed by atoms with Crippen molar-refractivity contribution >= 4 is 28.6 Å². The number of aromatic nitrogens is 2. The van der Waals surface area contributed by atoms with E-state index in [1.54, 1.807) is 22.5 Å². The predicted molar refractivity (Wildman–Crippen MR) is 137 cm³/mol. The van der Waals surface area contributed by atoms with Crippen molar-refractivity contribution in [3.05, 3.63) is 119 Å². The number of nitrogens with zero attached hydrogens (tertiary/aromatic N) is 3. The molecular formula is C28H21N3O3S. The van der Waals surface area contributed by atoms with Gasteiger partial charge in [0.05, 0.1) is 17.0 Å². The van der Waals surface area contributed by atoms with E-state index < -0.39 is 5.63 Å². The number of hydrogen-bond acceptors (Lipinski definition) is 5. The molecule has 5 aromatic rings. The maximum Gasteiger partial charge on any atom is 0.345 e. The van der Waals surface area contributed by atoms with Gasteiger partial charge in [0, 0.05) is 23.7 Å². The normalized spacial score (nSPS) is 15.7. The van der Waals surface area contributed by atoms with E-state index in [1.165, 1.54) is 0 Å². The number of thioether (sulfide) groups is 1. The lowest BCUT2D eigenvalue weighted by atomic mass is 10.1. The van der Waals surface area contributed by atoms with E-state index in [-0.39, 0.29) is 11.3 Å². The van der Waals surface area contributed by atoms with E-state index in [9.17, 15) is 9.59 Å². The van der Waals surface area contributed by atoms with Gasteiger partial charge in [-0.05, 0) is 29.8 Å². The summed E-state index contributed by atoms with van der Waals surface area (Å²) in [6, 6.07) is 28.9. The van der Waals surface area contributed by atoms with Crippen LogP contribution < -0.4 is 5.63 Å². The largest absolute Gasteiger partial charge is 0.422 e. The van der Waals surface area contributed by atoms with Crippen molar-refractivity contribution in [3.63, 3.8) is 0 Å². The van der Waals surface area contributed by atoms with Crippen molar-refractivity contribution in [2.24, 2.45) is 0 Å². The van der Waals surface area contributed by atoms with E-state index in [4.69, 9.17) is 9.52 Å². The van der Waals surface area contributed by atoms with Gasteiger partial charge in [-0.3, -0.25) is 4.79 Å². The zero-order chi connectivity index (χ0) is 23.8. The molecule has 1 aliphatic rings. The number of carbonyl (C=O) groups excluding carboxylic acids is 1. The average Bonchev–Trinajstić information content (AvgIpc) is 3.48. The number of fused-ring (bicyclic) bond motifs is 1. The van der Waals surface area contributed by atoms with Crippen LogP contribution in [0.2, 0.25) is 0 Å². The Hall–Kier alpha value is -4.10. The zero-order valence-electron chi connectivity index (χ0n) is 18.7. The predicted octanol–water partition coefficient (Wildman–Crippen LogP) is 5.42. The lowest BCUT2D eigenvalue weighted by molar-refractivity contribution is -0.128. The molecule has 35 heavy (non-hydrogen) atoms. The highest BCUT2D eigenvalue weighted by Crippen LogP contribution is 2.43. The second kappa shape index (κ2) is 8.92. The molecule has 0 N–H and O–H groups in total. The Balaban J connectivity index is 1.51. The molecule has 0 aliphatic carbocycles. The first-order valence-corrected chi connectivity index (χ1v) is 12.4. The Morgan fingerprint density at radius 2 is 1.63 bits per heavy atom. The molecular weight excluding hydrogens is 458 g/mol. The molecule has 3 heterocycles. The Kier molecular flexibility index (Phi) is 5.47. The van der Waals surface area contributed by atoms with Gasteiger partial charge in [-0.1, -0.05) is 66.7 Å². The monoisotopic (exact) mass is 479 g/mol. The summed E-state index contributed by atoms with van der Waals surface area (Å²) in [7, 11) is 0. The molecule has 0 saturated carbocycles. The van der Waals surface area contributed by atoms with Crippen LogP contribution >= 0.6 is 11.8 Å². The molecule has 1 amide bonds. The van der Waals surface area contributed by atoms with Gasteiger partial charge in [-0.15, -0.1) is 11.8 Å². The zero-order valence-corrected chi connectivity index (χ0v) is 19.5. The molecule has 1 atom stereocenters. The van der Waals surface area contributed by atoms with Gasteiger partial charge in [0.1, 0.15) is 16.7 Å². The second-order valence-electron chi connectivity index (χ2n) is 8.37. The second-order valence-corrected chi connectivity index (χ2v) is 9.44. The minimum atomic E-state index is -0.452.